The Kier molecular flexibility index (Phi) is 3.81. The first-order chi connectivity index (χ1) is 10.1. The van der Waals surface area contributed by atoms with Gasteiger partial charge in [-0.2, -0.15) is 15.0 Å². The third-order valence-electron chi connectivity index (χ3n) is 4.34. The molecule has 0 saturated carbocycles. The third kappa shape index (κ3) is 2.73. The zero-order valence-corrected chi connectivity index (χ0v) is 13.0. The molecule has 0 aromatic carbocycles. The van der Waals surface area contributed by atoms with Crippen molar-refractivity contribution in [2.75, 3.05) is 49.0 Å². The van der Waals surface area contributed by atoms with E-state index in [2.05, 4.69) is 37.1 Å². The Morgan fingerprint density at radius 2 is 2.05 bits per heavy atom. The van der Waals surface area contributed by atoms with Crippen molar-refractivity contribution in [2.24, 2.45) is 5.84 Å². The molecule has 2 fully saturated rings. The van der Waals surface area contributed by atoms with Crippen LogP contribution >= 0.6 is 0 Å². The lowest BCUT2D eigenvalue weighted by molar-refractivity contribution is 0.201. The van der Waals surface area contributed by atoms with Crippen LogP contribution in [0.3, 0.4) is 0 Å². The fourth-order valence-electron chi connectivity index (χ4n) is 3.21. The van der Waals surface area contributed by atoms with Crippen LogP contribution in [0.15, 0.2) is 0 Å². The summed E-state index contributed by atoms with van der Waals surface area (Å²) in [4.78, 5) is 20.0. The summed E-state index contributed by atoms with van der Waals surface area (Å²) in [5, 5.41) is 0. The summed E-state index contributed by atoms with van der Waals surface area (Å²) in [7, 11) is 3.83. The van der Waals surface area contributed by atoms with Crippen molar-refractivity contribution in [2.45, 2.75) is 31.8 Å². The van der Waals surface area contributed by atoms with Crippen molar-refractivity contribution in [3.8, 4) is 0 Å². The normalized spacial score (nSPS) is 25.8. The van der Waals surface area contributed by atoms with E-state index in [0.717, 1.165) is 13.1 Å². The fourth-order valence-corrected chi connectivity index (χ4v) is 3.21. The van der Waals surface area contributed by atoms with Gasteiger partial charge in [0, 0.05) is 39.3 Å². The van der Waals surface area contributed by atoms with Crippen molar-refractivity contribution in [3.63, 3.8) is 0 Å². The molecule has 21 heavy (non-hydrogen) atoms. The standard InChI is InChI=1S/C13H24N8/c1-9-7-20-6-4-5-10(20)8-21(9)13-16-11(18-14)15-12(17-13)19(2)3/h9-10H,4-8,14H2,1-3H3,(H,15,16,17,18). The lowest BCUT2D eigenvalue weighted by Crippen LogP contribution is -2.55. The van der Waals surface area contributed by atoms with Gasteiger partial charge in [-0.05, 0) is 26.3 Å². The fraction of sp³-hybridized carbons (Fsp3) is 0.769. The van der Waals surface area contributed by atoms with Gasteiger partial charge in [0.15, 0.2) is 0 Å². The van der Waals surface area contributed by atoms with Crippen molar-refractivity contribution in [1.82, 2.24) is 19.9 Å². The van der Waals surface area contributed by atoms with Crippen molar-refractivity contribution >= 4 is 17.8 Å². The molecule has 2 atom stereocenters. The molecule has 2 saturated heterocycles. The first-order valence-electron chi connectivity index (χ1n) is 7.49. The first-order valence-corrected chi connectivity index (χ1v) is 7.49. The van der Waals surface area contributed by atoms with Crippen LogP contribution in [0, 0.1) is 0 Å². The van der Waals surface area contributed by atoms with Crippen LogP contribution in [-0.2, 0) is 0 Å². The molecule has 1 aromatic rings. The highest BCUT2D eigenvalue weighted by molar-refractivity contribution is 5.45. The Labute approximate surface area is 125 Å². The zero-order valence-electron chi connectivity index (χ0n) is 13.0. The highest BCUT2D eigenvalue weighted by atomic mass is 15.4. The minimum atomic E-state index is 0.391. The molecule has 8 nitrogen and oxygen atoms in total. The van der Waals surface area contributed by atoms with E-state index in [0.29, 0.717) is 29.9 Å². The summed E-state index contributed by atoms with van der Waals surface area (Å²) in [5.74, 6) is 7.23. The summed E-state index contributed by atoms with van der Waals surface area (Å²) in [5.41, 5.74) is 2.54. The van der Waals surface area contributed by atoms with Crippen LogP contribution in [0.4, 0.5) is 17.8 Å². The van der Waals surface area contributed by atoms with Crippen LogP contribution < -0.4 is 21.1 Å². The predicted molar refractivity (Wildman–Crippen MR) is 83.4 cm³/mol. The summed E-state index contributed by atoms with van der Waals surface area (Å²) in [6, 6.07) is 1.01. The summed E-state index contributed by atoms with van der Waals surface area (Å²) in [6.45, 7) is 5.49. The van der Waals surface area contributed by atoms with Crippen LogP contribution in [0.1, 0.15) is 19.8 Å². The second-order valence-electron chi connectivity index (χ2n) is 6.09. The number of rotatable bonds is 3. The average Bonchev–Trinajstić information content (AvgIpc) is 2.92. The summed E-state index contributed by atoms with van der Waals surface area (Å²) < 4.78 is 0. The largest absolute Gasteiger partial charge is 0.347 e. The maximum Gasteiger partial charge on any atom is 0.243 e. The maximum atomic E-state index is 5.49. The van der Waals surface area contributed by atoms with Gasteiger partial charge < -0.3 is 9.80 Å². The second-order valence-corrected chi connectivity index (χ2v) is 6.09. The number of nitrogen functional groups attached to an aromatic ring is 1. The molecule has 0 amide bonds. The smallest absolute Gasteiger partial charge is 0.243 e. The Hall–Kier alpha value is -1.67. The Morgan fingerprint density at radius 3 is 2.76 bits per heavy atom. The molecular weight excluding hydrogens is 268 g/mol. The van der Waals surface area contributed by atoms with Gasteiger partial charge in [0.05, 0.1) is 0 Å². The highest BCUT2D eigenvalue weighted by Gasteiger charge is 2.35. The molecule has 2 unspecified atom stereocenters. The van der Waals surface area contributed by atoms with E-state index in [1.165, 1.54) is 19.4 Å². The SMILES string of the molecule is CC1CN2CCCC2CN1c1nc(NN)nc(N(C)C)n1. The molecule has 0 radical (unpaired) electrons. The molecule has 116 valence electrons. The second kappa shape index (κ2) is 5.61. The van der Waals surface area contributed by atoms with Crippen LogP contribution in [0.2, 0.25) is 0 Å². The third-order valence-corrected chi connectivity index (χ3v) is 4.34. The first kappa shape index (κ1) is 14.3. The molecule has 1 aromatic heterocycles. The number of aromatic nitrogens is 3. The number of hydrogen-bond donors (Lipinski definition) is 2. The lowest BCUT2D eigenvalue weighted by atomic mass is 10.1. The van der Waals surface area contributed by atoms with Crippen LogP contribution in [-0.4, -0.2) is 65.7 Å². The molecule has 2 aliphatic rings. The Balaban J connectivity index is 1.89. The number of nitrogens with two attached hydrogens (primary N) is 1. The number of nitrogens with one attached hydrogen (secondary N) is 1. The number of hydrogen-bond acceptors (Lipinski definition) is 8. The number of anilines is 3. The van der Waals surface area contributed by atoms with E-state index in [9.17, 15) is 0 Å². The lowest BCUT2D eigenvalue weighted by Gasteiger charge is -2.42. The van der Waals surface area contributed by atoms with Crippen LogP contribution in [0.25, 0.3) is 0 Å². The number of fused-ring (bicyclic) bond motifs is 1. The van der Waals surface area contributed by atoms with E-state index in [1.54, 1.807) is 0 Å². The highest BCUT2D eigenvalue weighted by Crippen LogP contribution is 2.27. The number of hydrazine groups is 1. The van der Waals surface area contributed by atoms with E-state index >= 15 is 0 Å². The molecule has 2 aliphatic heterocycles. The molecular formula is C13H24N8. The van der Waals surface area contributed by atoms with E-state index in [-0.39, 0.29) is 0 Å². The molecule has 0 spiro atoms. The van der Waals surface area contributed by atoms with Gasteiger partial charge in [-0.3, -0.25) is 10.3 Å². The molecule has 3 heterocycles. The predicted octanol–water partition coefficient (Wildman–Crippen LogP) is -0.104. The van der Waals surface area contributed by atoms with E-state index < -0.39 is 0 Å². The molecule has 0 bridgehead atoms. The molecule has 3 N–H and O–H groups in total. The Morgan fingerprint density at radius 1 is 1.24 bits per heavy atom. The van der Waals surface area contributed by atoms with Gasteiger partial charge >= 0.3 is 0 Å². The molecule has 8 heteroatoms. The quantitative estimate of drug-likeness (QED) is 0.590. The number of nitrogens with zero attached hydrogens (tertiary/aromatic N) is 6. The minimum Gasteiger partial charge on any atom is -0.347 e. The minimum absolute atomic E-state index is 0.391. The monoisotopic (exact) mass is 292 g/mol. The van der Waals surface area contributed by atoms with Crippen molar-refractivity contribution < 1.29 is 0 Å². The van der Waals surface area contributed by atoms with Gasteiger partial charge in [0.25, 0.3) is 0 Å². The maximum absolute atomic E-state index is 5.49. The van der Waals surface area contributed by atoms with E-state index in [4.69, 9.17) is 5.84 Å². The Bertz CT molecular complexity index is 505. The topological polar surface area (TPSA) is 86.4 Å². The average molecular weight is 292 g/mol. The van der Waals surface area contributed by atoms with Crippen LogP contribution in [0.5, 0.6) is 0 Å². The molecule has 0 aliphatic carbocycles. The van der Waals surface area contributed by atoms with Gasteiger partial charge in [0.1, 0.15) is 0 Å². The zero-order chi connectivity index (χ0) is 15.0. The van der Waals surface area contributed by atoms with Gasteiger partial charge in [0.2, 0.25) is 17.8 Å². The van der Waals surface area contributed by atoms with Crippen molar-refractivity contribution in [1.29, 1.82) is 0 Å². The van der Waals surface area contributed by atoms with Gasteiger partial charge in [-0.15, -0.1) is 0 Å². The van der Waals surface area contributed by atoms with E-state index in [1.807, 2.05) is 19.0 Å². The number of piperazine rings is 1. The van der Waals surface area contributed by atoms with Crippen molar-refractivity contribution in [3.05, 3.63) is 0 Å². The summed E-state index contributed by atoms with van der Waals surface area (Å²) >= 11 is 0. The molecule has 3 rings (SSSR count). The van der Waals surface area contributed by atoms with Gasteiger partial charge in [-0.1, -0.05) is 0 Å². The summed E-state index contributed by atoms with van der Waals surface area (Å²) in [6.07, 6.45) is 2.55. The van der Waals surface area contributed by atoms with Gasteiger partial charge in [-0.25, -0.2) is 5.84 Å².